The number of benzene rings is 3. The highest BCUT2D eigenvalue weighted by atomic mass is 35.5. The molecule has 0 aliphatic rings. The molecule has 0 aliphatic heterocycles. The first kappa shape index (κ1) is 23.6. The molecular formula is C24H25ClN2O4S. The summed E-state index contributed by atoms with van der Waals surface area (Å²) in [5.74, 6) is 0.334. The van der Waals surface area contributed by atoms with E-state index >= 15 is 0 Å². The first-order valence-corrected chi connectivity index (χ1v) is 12.0. The molecule has 0 saturated carbocycles. The fraction of sp³-hybridized carbons (Fsp3) is 0.208. The number of hydrogen-bond donors (Lipinski definition) is 2. The number of anilines is 2. The van der Waals surface area contributed by atoms with Crippen molar-refractivity contribution in [3.8, 4) is 5.75 Å². The minimum absolute atomic E-state index is 0.0658. The summed E-state index contributed by atoms with van der Waals surface area (Å²) in [5.41, 5.74) is 2.64. The third-order valence-corrected chi connectivity index (χ3v) is 6.52. The van der Waals surface area contributed by atoms with Gasteiger partial charge >= 0.3 is 0 Å². The summed E-state index contributed by atoms with van der Waals surface area (Å²) in [4.78, 5) is 12.6. The molecule has 6 nitrogen and oxygen atoms in total. The van der Waals surface area contributed by atoms with E-state index in [-0.39, 0.29) is 10.8 Å². The molecule has 0 aromatic heterocycles. The van der Waals surface area contributed by atoms with Gasteiger partial charge in [0.05, 0.1) is 10.6 Å². The summed E-state index contributed by atoms with van der Waals surface area (Å²) in [6, 6.07) is 18.5. The number of hydrogen-bond acceptors (Lipinski definition) is 4. The van der Waals surface area contributed by atoms with Gasteiger partial charge in [0.15, 0.2) is 6.10 Å². The van der Waals surface area contributed by atoms with Crippen LogP contribution in [0.3, 0.4) is 0 Å². The van der Waals surface area contributed by atoms with Crippen LogP contribution in [0.25, 0.3) is 0 Å². The summed E-state index contributed by atoms with van der Waals surface area (Å²) >= 11 is 5.97. The maximum absolute atomic E-state index is 12.7. The topological polar surface area (TPSA) is 84.5 Å². The lowest BCUT2D eigenvalue weighted by Crippen LogP contribution is -2.30. The lowest BCUT2D eigenvalue weighted by molar-refractivity contribution is -0.122. The number of aryl methyl sites for hydroxylation is 2. The average Bonchev–Trinajstić information content (AvgIpc) is 2.76. The predicted molar refractivity (Wildman–Crippen MR) is 128 cm³/mol. The highest BCUT2D eigenvalue weighted by Crippen LogP contribution is 2.24. The smallest absolute Gasteiger partial charge is 0.265 e. The van der Waals surface area contributed by atoms with E-state index in [1.165, 1.54) is 24.3 Å². The second kappa shape index (κ2) is 10.1. The van der Waals surface area contributed by atoms with Crippen molar-refractivity contribution in [2.45, 2.75) is 38.2 Å². The molecule has 1 amide bonds. The molecular weight excluding hydrogens is 448 g/mol. The molecule has 1 atom stereocenters. The van der Waals surface area contributed by atoms with E-state index in [0.29, 0.717) is 22.1 Å². The van der Waals surface area contributed by atoms with Crippen LogP contribution in [0.4, 0.5) is 11.4 Å². The lowest BCUT2D eigenvalue weighted by Gasteiger charge is -2.17. The Morgan fingerprint density at radius 3 is 2.44 bits per heavy atom. The highest BCUT2D eigenvalue weighted by Gasteiger charge is 2.18. The molecule has 3 aromatic rings. The molecule has 0 bridgehead atoms. The zero-order valence-electron chi connectivity index (χ0n) is 18.1. The van der Waals surface area contributed by atoms with Crippen LogP contribution < -0.4 is 14.8 Å². The largest absolute Gasteiger partial charge is 0.481 e. The van der Waals surface area contributed by atoms with Crippen LogP contribution in [-0.4, -0.2) is 20.4 Å². The van der Waals surface area contributed by atoms with E-state index in [0.717, 1.165) is 17.5 Å². The summed E-state index contributed by atoms with van der Waals surface area (Å²) in [6.45, 7) is 5.47. The Labute approximate surface area is 193 Å². The van der Waals surface area contributed by atoms with Crippen molar-refractivity contribution in [1.29, 1.82) is 0 Å². The maximum Gasteiger partial charge on any atom is 0.265 e. The van der Waals surface area contributed by atoms with Crippen LogP contribution in [-0.2, 0) is 21.2 Å². The Kier molecular flexibility index (Phi) is 7.43. The van der Waals surface area contributed by atoms with Crippen LogP contribution in [0.15, 0.2) is 71.6 Å². The number of nitrogens with one attached hydrogen (secondary N) is 2. The van der Waals surface area contributed by atoms with E-state index in [1.54, 1.807) is 32.0 Å². The van der Waals surface area contributed by atoms with Crippen molar-refractivity contribution in [2.75, 3.05) is 10.0 Å². The fourth-order valence-corrected chi connectivity index (χ4v) is 4.32. The van der Waals surface area contributed by atoms with Gasteiger partial charge in [0.25, 0.3) is 15.9 Å². The van der Waals surface area contributed by atoms with E-state index in [1.807, 2.05) is 31.2 Å². The van der Waals surface area contributed by atoms with Crippen molar-refractivity contribution in [3.05, 3.63) is 82.9 Å². The number of amides is 1. The zero-order chi connectivity index (χ0) is 23.3. The average molecular weight is 473 g/mol. The molecule has 3 rings (SSSR count). The first-order valence-electron chi connectivity index (χ1n) is 10.1. The number of carbonyl (C=O) groups is 1. The SMILES string of the molecule is CCc1ccccc1OC(C)C(=O)Nc1ccc(S(=O)(=O)Nc2cc(Cl)ccc2C)cc1. The molecule has 0 fully saturated rings. The Morgan fingerprint density at radius 2 is 1.75 bits per heavy atom. The van der Waals surface area contributed by atoms with Crippen molar-refractivity contribution >= 4 is 38.9 Å². The second-order valence-corrected chi connectivity index (χ2v) is 9.42. The highest BCUT2D eigenvalue weighted by molar-refractivity contribution is 7.92. The quantitative estimate of drug-likeness (QED) is 0.458. The van der Waals surface area contributed by atoms with Gasteiger partial charge in [-0.15, -0.1) is 0 Å². The Balaban J connectivity index is 1.67. The van der Waals surface area contributed by atoms with Gasteiger partial charge in [-0.3, -0.25) is 9.52 Å². The molecule has 0 aliphatic carbocycles. The van der Waals surface area contributed by atoms with Crippen molar-refractivity contribution in [2.24, 2.45) is 0 Å². The van der Waals surface area contributed by atoms with Gasteiger partial charge in [0.2, 0.25) is 0 Å². The molecule has 8 heteroatoms. The van der Waals surface area contributed by atoms with Crippen molar-refractivity contribution < 1.29 is 17.9 Å². The second-order valence-electron chi connectivity index (χ2n) is 7.30. The maximum atomic E-state index is 12.7. The molecule has 0 spiro atoms. The molecule has 32 heavy (non-hydrogen) atoms. The van der Waals surface area contributed by atoms with Crippen LogP contribution in [0.1, 0.15) is 25.0 Å². The molecule has 0 heterocycles. The molecule has 0 saturated heterocycles. The molecule has 3 aromatic carbocycles. The number of ether oxygens (including phenoxy) is 1. The van der Waals surface area contributed by atoms with Crippen molar-refractivity contribution in [1.82, 2.24) is 0 Å². The van der Waals surface area contributed by atoms with Crippen LogP contribution in [0.2, 0.25) is 5.02 Å². The Morgan fingerprint density at radius 1 is 1.06 bits per heavy atom. The Hall–Kier alpha value is -3.03. The van der Waals surface area contributed by atoms with Gasteiger partial charge in [-0.05, 0) is 73.9 Å². The monoisotopic (exact) mass is 472 g/mol. The summed E-state index contributed by atoms with van der Waals surface area (Å²) < 4.78 is 33.8. The van der Waals surface area contributed by atoms with Crippen LogP contribution in [0, 0.1) is 6.92 Å². The van der Waals surface area contributed by atoms with E-state index in [9.17, 15) is 13.2 Å². The molecule has 168 valence electrons. The Bertz CT molecular complexity index is 1210. The number of sulfonamides is 1. The third kappa shape index (κ3) is 5.81. The first-order chi connectivity index (χ1) is 15.2. The van der Waals surface area contributed by atoms with Gasteiger partial charge in [-0.2, -0.15) is 0 Å². The minimum Gasteiger partial charge on any atom is -0.481 e. The zero-order valence-corrected chi connectivity index (χ0v) is 19.6. The number of rotatable bonds is 8. The standard InChI is InChI=1S/C24H25ClN2O4S/c1-4-18-7-5-6-8-23(18)31-17(3)24(28)26-20-11-13-21(14-12-20)32(29,30)27-22-15-19(25)10-9-16(22)2/h5-15,17,27H,4H2,1-3H3,(H,26,28). The van der Waals surface area contributed by atoms with E-state index < -0.39 is 16.1 Å². The molecule has 2 N–H and O–H groups in total. The van der Waals surface area contributed by atoms with Crippen LogP contribution >= 0.6 is 11.6 Å². The van der Waals surface area contributed by atoms with E-state index in [4.69, 9.17) is 16.3 Å². The normalized spacial score (nSPS) is 12.1. The van der Waals surface area contributed by atoms with Gasteiger partial charge in [0.1, 0.15) is 5.75 Å². The summed E-state index contributed by atoms with van der Waals surface area (Å²) in [7, 11) is -3.81. The number of para-hydroxylation sites is 1. The predicted octanol–water partition coefficient (Wildman–Crippen LogP) is 5.42. The number of halogens is 1. The van der Waals surface area contributed by atoms with Gasteiger partial charge < -0.3 is 10.1 Å². The van der Waals surface area contributed by atoms with Gasteiger partial charge in [-0.1, -0.05) is 42.8 Å². The van der Waals surface area contributed by atoms with Crippen LogP contribution in [0.5, 0.6) is 5.75 Å². The van der Waals surface area contributed by atoms with Gasteiger partial charge in [-0.25, -0.2) is 8.42 Å². The molecule has 0 radical (unpaired) electrons. The van der Waals surface area contributed by atoms with E-state index in [2.05, 4.69) is 10.0 Å². The molecule has 1 unspecified atom stereocenters. The lowest BCUT2D eigenvalue weighted by atomic mass is 10.1. The third-order valence-electron chi connectivity index (χ3n) is 4.90. The summed E-state index contributed by atoms with van der Waals surface area (Å²) in [6.07, 6.45) is 0.0713. The fourth-order valence-electron chi connectivity index (χ4n) is 3.02. The van der Waals surface area contributed by atoms with Crippen molar-refractivity contribution in [3.63, 3.8) is 0 Å². The minimum atomic E-state index is -3.81. The van der Waals surface area contributed by atoms with Gasteiger partial charge in [0, 0.05) is 10.7 Å². The summed E-state index contributed by atoms with van der Waals surface area (Å²) in [5, 5.41) is 3.18. The number of carbonyl (C=O) groups excluding carboxylic acids is 1.